The molecule has 0 spiro atoms. The molecule has 3 aromatic rings. The van der Waals surface area contributed by atoms with Crippen LogP contribution in [-0.4, -0.2) is 41.2 Å². The van der Waals surface area contributed by atoms with Crippen LogP contribution >= 0.6 is 0 Å². The van der Waals surface area contributed by atoms with E-state index >= 15 is 0 Å². The van der Waals surface area contributed by atoms with E-state index in [2.05, 4.69) is 35.3 Å². The molecular weight excluding hydrogens is 232 g/mol. The number of nitrogens with one attached hydrogen (secondary N) is 2. The largest absolute Gasteiger partial charge is 0.368 e. The topological polar surface area (TPSA) is 97.2 Å². The molecule has 3 aromatic heterocycles. The minimum atomic E-state index is 0.656. The zero-order valence-corrected chi connectivity index (χ0v) is 9.83. The van der Waals surface area contributed by atoms with Gasteiger partial charge >= 0.3 is 0 Å². The summed E-state index contributed by atoms with van der Waals surface area (Å²) in [6.07, 6.45) is 5.52. The summed E-state index contributed by atoms with van der Waals surface area (Å²) in [5.74, 6) is 1.55. The van der Waals surface area contributed by atoms with E-state index in [-0.39, 0.29) is 0 Å². The second-order valence-electron chi connectivity index (χ2n) is 3.83. The van der Waals surface area contributed by atoms with Crippen LogP contribution in [0.15, 0.2) is 19.0 Å². The summed E-state index contributed by atoms with van der Waals surface area (Å²) < 4.78 is 1.69. The Morgan fingerprint density at radius 2 is 2.22 bits per heavy atom. The van der Waals surface area contributed by atoms with E-state index in [1.54, 1.807) is 17.3 Å². The van der Waals surface area contributed by atoms with Crippen molar-refractivity contribution in [3.8, 4) is 0 Å². The number of H-pyrrole nitrogens is 1. The summed E-state index contributed by atoms with van der Waals surface area (Å²) in [4.78, 5) is 19.5. The minimum Gasteiger partial charge on any atom is -0.368 e. The van der Waals surface area contributed by atoms with Gasteiger partial charge in [0.1, 0.15) is 18.2 Å². The summed E-state index contributed by atoms with van der Waals surface area (Å²) in [5, 5.41) is 7.43. The first-order valence-corrected chi connectivity index (χ1v) is 5.55. The zero-order valence-electron chi connectivity index (χ0n) is 9.83. The first kappa shape index (κ1) is 10.6. The van der Waals surface area contributed by atoms with Crippen LogP contribution in [0.1, 0.15) is 5.82 Å². The van der Waals surface area contributed by atoms with E-state index in [4.69, 9.17) is 0 Å². The van der Waals surface area contributed by atoms with Crippen molar-refractivity contribution in [2.24, 2.45) is 7.05 Å². The monoisotopic (exact) mass is 244 g/mol. The zero-order chi connectivity index (χ0) is 12.4. The Morgan fingerprint density at radius 1 is 1.28 bits per heavy atom. The van der Waals surface area contributed by atoms with Crippen molar-refractivity contribution in [1.82, 2.24) is 34.7 Å². The maximum absolute atomic E-state index is 4.21. The van der Waals surface area contributed by atoms with Crippen molar-refractivity contribution >= 4 is 17.0 Å². The van der Waals surface area contributed by atoms with Gasteiger partial charge in [-0.1, -0.05) is 0 Å². The number of fused-ring (bicyclic) bond motifs is 1. The summed E-state index contributed by atoms with van der Waals surface area (Å²) >= 11 is 0. The Morgan fingerprint density at radius 3 is 3.06 bits per heavy atom. The average Bonchev–Trinajstić information content (AvgIpc) is 2.98. The number of rotatable bonds is 4. The smallest absolute Gasteiger partial charge is 0.182 e. The van der Waals surface area contributed by atoms with E-state index in [1.807, 2.05) is 7.05 Å². The molecule has 8 heteroatoms. The highest BCUT2D eigenvalue weighted by molar-refractivity contribution is 5.81. The SMILES string of the molecule is Cn1cnc(CCNc2ncnc3nc[nH]c23)n1. The van der Waals surface area contributed by atoms with E-state index < -0.39 is 0 Å². The predicted molar refractivity (Wildman–Crippen MR) is 64.9 cm³/mol. The molecule has 3 heterocycles. The number of imidazole rings is 1. The van der Waals surface area contributed by atoms with Crippen LogP contribution in [0.4, 0.5) is 5.82 Å². The molecule has 0 aliphatic heterocycles. The standard InChI is InChI=1S/C10H12N8/c1-18-6-16-7(17-18)2-3-11-9-8-10(13-4-12-8)15-5-14-9/h4-6H,2-3H2,1H3,(H2,11,12,13,14,15). The average molecular weight is 244 g/mol. The van der Waals surface area contributed by atoms with Gasteiger partial charge in [-0.25, -0.2) is 19.9 Å². The van der Waals surface area contributed by atoms with Crippen LogP contribution in [0.3, 0.4) is 0 Å². The molecule has 0 saturated heterocycles. The third-order valence-corrected chi connectivity index (χ3v) is 2.51. The lowest BCUT2D eigenvalue weighted by Gasteiger charge is -2.03. The first-order valence-electron chi connectivity index (χ1n) is 5.55. The molecule has 0 aliphatic carbocycles. The molecule has 0 unspecified atom stereocenters. The van der Waals surface area contributed by atoms with Gasteiger partial charge in [-0.15, -0.1) is 0 Å². The van der Waals surface area contributed by atoms with Crippen LogP contribution < -0.4 is 5.32 Å². The van der Waals surface area contributed by atoms with Gasteiger partial charge in [-0.2, -0.15) is 5.10 Å². The number of hydrogen-bond donors (Lipinski definition) is 2. The van der Waals surface area contributed by atoms with Crippen molar-refractivity contribution in [2.75, 3.05) is 11.9 Å². The highest BCUT2D eigenvalue weighted by Crippen LogP contribution is 2.13. The number of nitrogens with zero attached hydrogens (tertiary/aromatic N) is 6. The molecule has 0 bridgehead atoms. The minimum absolute atomic E-state index is 0.656. The third-order valence-electron chi connectivity index (χ3n) is 2.51. The van der Waals surface area contributed by atoms with Crippen LogP contribution in [0.25, 0.3) is 11.2 Å². The molecule has 0 amide bonds. The summed E-state index contributed by atoms with van der Waals surface area (Å²) in [7, 11) is 1.85. The normalized spacial score (nSPS) is 10.9. The number of hydrogen-bond acceptors (Lipinski definition) is 6. The summed E-state index contributed by atoms with van der Waals surface area (Å²) in [5.41, 5.74) is 1.47. The quantitative estimate of drug-likeness (QED) is 0.677. The lowest BCUT2D eigenvalue weighted by atomic mass is 10.4. The molecule has 0 fully saturated rings. The number of aromatic nitrogens is 7. The lowest BCUT2D eigenvalue weighted by molar-refractivity contribution is 0.742. The predicted octanol–water partition coefficient (Wildman–Crippen LogP) is 0.136. The summed E-state index contributed by atoms with van der Waals surface area (Å²) in [6, 6.07) is 0. The molecule has 92 valence electrons. The van der Waals surface area contributed by atoms with E-state index in [1.165, 1.54) is 6.33 Å². The van der Waals surface area contributed by atoms with Gasteiger partial charge in [-0.3, -0.25) is 4.68 Å². The van der Waals surface area contributed by atoms with E-state index in [9.17, 15) is 0 Å². The van der Waals surface area contributed by atoms with Crippen molar-refractivity contribution in [3.05, 3.63) is 24.8 Å². The Kier molecular flexibility index (Phi) is 2.60. The van der Waals surface area contributed by atoms with Crippen LogP contribution in [-0.2, 0) is 13.5 Å². The number of aryl methyl sites for hydroxylation is 1. The van der Waals surface area contributed by atoms with Crippen molar-refractivity contribution in [3.63, 3.8) is 0 Å². The van der Waals surface area contributed by atoms with Gasteiger partial charge in [-0.05, 0) is 0 Å². The third kappa shape index (κ3) is 1.99. The molecule has 0 radical (unpaired) electrons. The van der Waals surface area contributed by atoms with Crippen LogP contribution in [0, 0.1) is 0 Å². The van der Waals surface area contributed by atoms with Crippen molar-refractivity contribution in [2.45, 2.75) is 6.42 Å². The van der Waals surface area contributed by atoms with Crippen LogP contribution in [0.2, 0.25) is 0 Å². The Bertz CT molecular complexity index is 655. The van der Waals surface area contributed by atoms with Gasteiger partial charge in [0.2, 0.25) is 0 Å². The molecule has 0 aliphatic rings. The molecule has 0 saturated carbocycles. The van der Waals surface area contributed by atoms with E-state index in [0.29, 0.717) is 12.2 Å². The Balaban J connectivity index is 1.68. The van der Waals surface area contributed by atoms with Crippen molar-refractivity contribution < 1.29 is 0 Å². The van der Waals surface area contributed by atoms with Gasteiger partial charge in [0.05, 0.1) is 6.33 Å². The van der Waals surface area contributed by atoms with Gasteiger partial charge in [0.15, 0.2) is 17.3 Å². The highest BCUT2D eigenvalue weighted by Gasteiger charge is 2.05. The van der Waals surface area contributed by atoms with Gasteiger partial charge in [0, 0.05) is 20.0 Å². The fourth-order valence-electron chi connectivity index (χ4n) is 1.69. The fraction of sp³-hybridized carbons (Fsp3) is 0.300. The number of aromatic amines is 1. The summed E-state index contributed by atoms with van der Waals surface area (Å²) in [6.45, 7) is 0.704. The lowest BCUT2D eigenvalue weighted by Crippen LogP contribution is -2.08. The second kappa shape index (κ2) is 4.40. The maximum atomic E-state index is 4.21. The molecule has 8 nitrogen and oxygen atoms in total. The van der Waals surface area contributed by atoms with Crippen LogP contribution in [0.5, 0.6) is 0 Å². The molecule has 3 rings (SSSR count). The van der Waals surface area contributed by atoms with Crippen molar-refractivity contribution in [1.29, 1.82) is 0 Å². The van der Waals surface area contributed by atoms with Gasteiger partial charge in [0.25, 0.3) is 0 Å². The molecule has 0 atom stereocenters. The molecular formula is C10H12N8. The Labute approximate surface area is 103 Å². The molecule has 0 aromatic carbocycles. The van der Waals surface area contributed by atoms with E-state index in [0.717, 1.165) is 23.6 Å². The fourth-order valence-corrected chi connectivity index (χ4v) is 1.69. The Hall–Kier alpha value is -2.51. The molecule has 18 heavy (non-hydrogen) atoms. The first-order chi connectivity index (χ1) is 8.83. The maximum Gasteiger partial charge on any atom is 0.182 e. The number of anilines is 1. The highest BCUT2D eigenvalue weighted by atomic mass is 15.3. The molecule has 2 N–H and O–H groups in total. The second-order valence-corrected chi connectivity index (χ2v) is 3.83. The van der Waals surface area contributed by atoms with Gasteiger partial charge < -0.3 is 10.3 Å².